The maximum atomic E-state index is 12.4. The lowest BCUT2D eigenvalue weighted by molar-refractivity contribution is -0.115. The topological polar surface area (TPSA) is 111 Å². The second-order valence-electron chi connectivity index (χ2n) is 7.44. The lowest BCUT2D eigenvalue weighted by Gasteiger charge is -2.27. The maximum absolute atomic E-state index is 12.4. The number of anilines is 1. The van der Waals surface area contributed by atoms with Crippen LogP contribution in [0.3, 0.4) is 0 Å². The molecule has 0 saturated carbocycles. The van der Waals surface area contributed by atoms with Gasteiger partial charge in [-0.2, -0.15) is 5.26 Å². The summed E-state index contributed by atoms with van der Waals surface area (Å²) in [6, 6.07) is 5.23. The van der Waals surface area contributed by atoms with E-state index in [-0.39, 0.29) is 28.9 Å². The minimum atomic E-state index is -0.588. The van der Waals surface area contributed by atoms with E-state index in [9.17, 15) is 9.59 Å². The number of hydrogen-bond acceptors (Lipinski definition) is 7. The molecule has 1 N–H and O–H groups in total. The molecule has 0 aliphatic carbocycles. The van der Waals surface area contributed by atoms with Gasteiger partial charge >= 0.3 is 6.09 Å². The van der Waals surface area contributed by atoms with Crippen LogP contribution >= 0.6 is 11.6 Å². The highest BCUT2D eigenvalue weighted by Gasteiger charge is 2.21. The minimum absolute atomic E-state index is 0.110. The van der Waals surface area contributed by atoms with E-state index < -0.39 is 6.09 Å². The summed E-state index contributed by atoms with van der Waals surface area (Å²) < 4.78 is 5.16. The number of likely N-dealkylation sites (tertiary alicyclic amines) is 1. The number of nitrogens with zero attached hydrogens (tertiary/aromatic N) is 5. The van der Waals surface area contributed by atoms with Crippen LogP contribution in [-0.4, -0.2) is 59.0 Å². The molecule has 9 nitrogen and oxygen atoms in total. The van der Waals surface area contributed by atoms with E-state index in [1.165, 1.54) is 17.2 Å². The van der Waals surface area contributed by atoms with Crippen molar-refractivity contribution < 1.29 is 14.3 Å². The van der Waals surface area contributed by atoms with Gasteiger partial charge in [0, 0.05) is 51.1 Å². The fourth-order valence-corrected chi connectivity index (χ4v) is 3.32. The summed E-state index contributed by atoms with van der Waals surface area (Å²) in [7, 11) is 3.10. The number of nitriles is 1. The number of aromatic nitrogens is 2. The highest BCUT2D eigenvalue weighted by atomic mass is 35.5. The summed E-state index contributed by atoms with van der Waals surface area (Å²) in [4.78, 5) is 35.7. The van der Waals surface area contributed by atoms with Gasteiger partial charge in [-0.3, -0.25) is 9.78 Å². The van der Waals surface area contributed by atoms with Gasteiger partial charge in [-0.15, -0.1) is 0 Å². The molecule has 0 atom stereocenters. The molecule has 3 heterocycles. The molecule has 0 radical (unpaired) electrons. The van der Waals surface area contributed by atoms with Gasteiger partial charge in [-0.05, 0) is 24.5 Å². The average Bonchev–Trinajstić information content (AvgIpc) is 2.76. The number of nitrogens with one attached hydrogen (secondary N) is 1. The van der Waals surface area contributed by atoms with E-state index in [2.05, 4.69) is 21.5 Å². The molecular weight excluding hydrogens is 420 g/mol. The number of carbonyl (C=O) groups excluding carboxylic acids is 2. The van der Waals surface area contributed by atoms with Gasteiger partial charge in [0.2, 0.25) is 5.91 Å². The van der Waals surface area contributed by atoms with Crippen LogP contribution in [0.5, 0.6) is 5.75 Å². The van der Waals surface area contributed by atoms with Crippen LogP contribution in [0.4, 0.5) is 10.6 Å². The van der Waals surface area contributed by atoms with Crippen molar-refractivity contribution in [1.82, 2.24) is 19.8 Å². The van der Waals surface area contributed by atoms with Gasteiger partial charge in [0.15, 0.2) is 11.9 Å². The Morgan fingerprint density at radius 3 is 2.65 bits per heavy atom. The molecule has 0 spiro atoms. The Morgan fingerprint density at radius 1 is 1.29 bits per heavy atom. The molecule has 0 unspecified atom stereocenters. The summed E-state index contributed by atoms with van der Waals surface area (Å²) in [5, 5.41) is 11.8. The highest BCUT2D eigenvalue weighted by Crippen LogP contribution is 2.27. The highest BCUT2D eigenvalue weighted by molar-refractivity contribution is 6.32. The summed E-state index contributed by atoms with van der Waals surface area (Å²) >= 11 is 6.01. The van der Waals surface area contributed by atoms with E-state index in [0.29, 0.717) is 5.92 Å². The standard InChI is InChI=1S/C21H23ClN6O3/c1-27(2)21(30)31-18-10-19(25-12-16(18)22)26-20(29)9-14-3-4-17(24-11-14)15-5-7-28(13-23)8-6-15/h3-4,10-12,15H,5-9H2,1-2H3,(H,25,26,29). The summed E-state index contributed by atoms with van der Waals surface area (Å²) in [5.41, 5.74) is 1.75. The molecule has 0 bridgehead atoms. The summed E-state index contributed by atoms with van der Waals surface area (Å²) in [6.45, 7) is 1.49. The van der Waals surface area contributed by atoms with E-state index in [0.717, 1.165) is 37.2 Å². The van der Waals surface area contributed by atoms with E-state index in [1.807, 2.05) is 12.1 Å². The molecule has 1 saturated heterocycles. The Morgan fingerprint density at radius 2 is 2.03 bits per heavy atom. The molecule has 1 aliphatic rings. The molecule has 2 aromatic heterocycles. The zero-order valence-corrected chi connectivity index (χ0v) is 18.1. The molecular formula is C21H23ClN6O3. The molecule has 0 aromatic carbocycles. The first-order valence-electron chi connectivity index (χ1n) is 9.79. The number of pyridine rings is 2. The van der Waals surface area contributed by atoms with Crippen molar-refractivity contribution in [2.75, 3.05) is 32.5 Å². The number of carbonyl (C=O) groups is 2. The quantitative estimate of drug-likeness (QED) is 0.708. The fourth-order valence-electron chi connectivity index (χ4n) is 3.18. The number of hydrogen-bond donors (Lipinski definition) is 1. The fraction of sp³-hybridized carbons (Fsp3) is 0.381. The molecule has 31 heavy (non-hydrogen) atoms. The van der Waals surface area contributed by atoms with Gasteiger partial charge in [-0.1, -0.05) is 17.7 Å². The van der Waals surface area contributed by atoms with Crippen molar-refractivity contribution >= 4 is 29.4 Å². The Bertz CT molecular complexity index is 982. The second-order valence-corrected chi connectivity index (χ2v) is 7.85. The Balaban J connectivity index is 1.57. The number of amides is 2. The van der Waals surface area contributed by atoms with Crippen LogP contribution in [0.25, 0.3) is 0 Å². The van der Waals surface area contributed by atoms with Gasteiger partial charge in [-0.25, -0.2) is 9.78 Å². The lowest BCUT2D eigenvalue weighted by Crippen LogP contribution is -2.29. The molecule has 162 valence electrons. The number of halogens is 1. The van der Waals surface area contributed by atoms with Crippen molar-refractivity contribution in [3.8, 4) is 11.9 Å². The smallest absolute Gasteiger partial charge is 0.408 e. The van der Waals surface area contributed by atoms with Gasteiger partial charge in [0.05, 0.1) is 12.6 Å². The van der Waals surface area contributed by atoms with Crippen molar-refractivity contribution in [2.24, 2.45) is 0 Å². The SMILES string of the molecule is CN(C)C(=O)Oc1cc(NC(=O)Cc2ccc(C3CCN(C#N)CC3)nc2)ncc1Cl. The third-order valence-corrected chi connectivity index (χ3v) is 5.20. The van der Waals surface area contributed by atoms with Gasteiger partial charge in [0.25, 0.3) is 0 Å². The van der Waals surface area contributed by atoms with Crippen molar-refractivity contribution in [1.29, 1.82) is 5.26 Å². The molecule has 10 heteroatoms. The average molecular weight is 443 g/mol. The van der Waals surface area contributed by atoms with E-state index in [1.54, 1.807) is 25.2 Å². The third-order valence-electron chi connectivity index (χ3n) is 4.92. The predicted molar refractivity (Wildman–Crippen MR) is 115 cm³/mol. The van der Waals surface area contributed by atoms with Crippen LogP contribution < -0.4 is 10.1 Å². The largest absolute Gasteiger partial charge is 0.414 e. The number of ether oxygens (including phenoxy) is 1. The first kappa shape index (κ1) is 22.3. The first-order chi connectivity index (χ1) is 14.9. The zero-order valence-electron chi connectivity index (χ0n) is 17.3. The number of rotatable bonds is 5. The van der Waals surface area contributed by atoms with Crippen LogP contribution in [0, 0.1) is 11.5 Å². The van der Waals surface area contributed by atoms with Crippen molar-refractivity contribution in [3.63, 3.8) is 0 Å². The lowest BCUT2D eigenvalue weighted by atomic mass is 9.93. The van der Waals surface area contributed by atoms with E-state index in [4.69, 9.17) is 21.6 Å². The summed E-state index contributed by atoms with van der Waals surface area (Å²) in [5.74, 6) is 0.384. The monoisotopic (exact) mass is 442 g/mol. The molecule has 2 amide bonds. The van der Waals surface area contributed by atoms with Crippen LogP contribution in [0.1, 0.15) is 30.0 Å². The first-order valence-corrected chi connectivity index (χ1v) is 10.2. The third kappa shape index (κ3) is 6.06. The molecule has 1 aliphatic heterocycles. The van der Waals surface area contributed by atoms with Crippen LogP contribution in [0.2, 0.25) is 5.02 Å². The zero-order chi connectivity index (χ0) is 22.4. The van der Waals surface area contributed by atoms with Crippen LogP contribution in [-0.2, 0) is 11.2 Å². The van der Waals surface area contributed by atoms with E-state index >= 15 is 0 Å². The maximum Gasteiger partial charge on any atom is 0.414 e. The molecule has 2 aromatic rings. The minimum Gasteiger partial charge on any atom is -0.408 e. The number of piperidine rings is 1. The summed E-state index contributed by atoms with van der Waals surface area (Å²) in [6.07, 6.45) is 6.50. The molecule has 1 fully saturated rings. The predicted octanol–water partition coefficient (Wildman–Crippen LogP) is 3.03. The Labute approximate surface area is 185 Å². The van der Waals surface area contributed by atoms with Crippen molar-refractivity contribution in [3.05, 3.63) is 46.9 Å². The van der Waals surface area contributed by atoms with Gasteiger partial charge < -0.3 is 19.9 Å². The normalized spacial score (nSPS) is 13.9. The van der Waals surface area contributed by atoms with Crippen LogP contribution in [0.15, 0.2) is 30.6 Å². The Kier molecular flexibility index (Phi) is 7.26. The second kappa shape index (κ2) is 10.1. The van der Waals surface area contributed by atoms with Gasteiger partial charge in [0.1, 0.15) is 10.8 Å². The Hall–Kier alpha value is -3.38. The molecule has 3 rings (SSSR count). The van der Waals surface area contributed by atoms with Crippen molar-refractivity contribution in [2.45, 2.75) is 25.2 Å².